The molecule has 0 spiro atoms. The van der Waals surface area contributed by atoms with Gasteiger partial charge in [-0.15, -0.1) is 0 Å². The molecule has 0 aliphatic heterocycles. The lowest BCUT2D eigenvalue weighted by Gasteiger charge is -2.17. The minimum Gasteiger partial charge on any atom is -0.325 e. The van der Waals surface area contributed by atoms with Crippen molar-refractivity contribution < 1.29 is 17.2 Å². The van der Waals surface area contributed by atoms with Crippen LogP contribution in [0, 0.1) is 0 Å². The summed E-state index contributed by atoms with van der Waals surface area (Å²) in [5, 5.41) is 0. The Balaban J connectivity index is 3.44. The molecule has 90 valence electrons. The van der Waals surface area contributed by atoms with E-state index in [0.717, 1.165) is 6.07 Å². The van der Waals surface area contributed by atoms with Crippen LogP contribution in [0.1, 0.15) is 12.5 Å². The van der Waals surface area contributed by atoms with E-state index < -0.39 is 27.9 Å². The van der Waals surface area contributed by atoms with E-state index in [0.29, 0.717) is 0 Å². The number of rotatable bonds is 4. The van der Waals surface area contributed by atoms with Crippen LogP contribution in [0.2, 0.25) is 0 Å². The van der Waals surface area contributed by atoms with Crippen molar-refractivity contribution in [1.29, 1.82) is 0 Å². The average Bonchev–Trinajstić information content (AvgIpc) is 2.29. The predicted molar refractivity (Wildman–Crippen MR) is 57.1 cm³/mol. The lowest BCUT2D eigenvalue weighted by Crippen LogP contribution is -2.27. The van der Waals surface area contributed by atoms with Crippen LogP contribution in [0.5, 0.6) is 0 Å². The molecule has 0 aliphatic rings. The van der Waals surface area contributed by atoms with Crippen molar-refractivity contribution >= 4 is 9.84 Å². The molecule has 0 radical (unpaired) electrons. The molecule has 0 atom stereocenters. The van der Waals surface area contributed by atoms with Gasteiger partial charge in [0.25, 0.3) is 5.92 Å². The number of sulfone groups is 1. The number of hydrogen-bond acceptors (Lipinski definition) is 3. The number of alkyl halides is 2. The molecule has 0 bridgehead atoms. The Morgan fingerprint density at radius 1 is 1.31 bits per heavy atom. The maximum absolute atomic E-state index is 13.4. The van der Waals surface area contributed by atoms with Gasteiger partial charge < -0.3 is 5.73 Å². The van der Waals surface area contributed by atoms with Gasteiger partial charge in [0.2, 0.25) is 0 Å². The normalized spacial score (nSPS) is 12.8. The first kappa shape index (κ1) is 13.1. The second-order valence-corrected chi connectivity index (χ2v) is 5.55. The van der Waals surface area contributed by atoms with Crippen molar-refractivity contribution in [3.05, 3.63) is 29.8 Å². The van der Waals surface area contributed by atoms with Crippen molar-refractivity contribution in [2.24, 2.45) is 5.73 Å². The predicted octanol–water partition coefficient (Wildman–Crippen LogP) is 1.53. The van der Waals surface area contributed by atoms with Gasteiger partial charge in [-0.2, -0.15) is 8.78 Å². The van der Waals surface area contributed by atoms with Gasteiger partial charge in [-0.25, -0.2) is 8.42 Å². The molecule has 0 unspecified atom stereocenters. The van der Waals surface area contributed by atoms with Crippen molar-refractivity contribution in [3.63, 3.8) is 0 Å². The summed E-state index contributed by atoms with van der Waals surface area (Å²) < 4.78 is 50.1. The minimum atomic E-state index is -3.66. The molecule has 0 heterocycles. The molecule has 3 nitrogen and oxygen atoms in total. The van der Waals surface area contributed by atoms with Gasteiger partial charge in [0.15, 0.2) is 9.84 Å². The maximum Gasteiger partial charge on any atom is 0.286 e. The van der Waals surface area contributed by atoms with E-state index in [1.807, 2.05) is 0 Å². The van der Waals surface area contributed by atoms with Crippen LogP contribution in [-0.2, 0) is 15.8 Å². The highest BCUT2D eigenvalue weighted by Gasteiger charge is 2.34. The van der Waals surface area contributed by atoms with Crippen LogP contribution in [-0.4, -0.2) is 20.7 Å². The summed E-state index contributed by atoms with van der Waals surface area (Å²) in [5.74, 6) is -3.54. The van der Waals surface area contributed by atoms with Crippen molar-refractivity contribution in [2.75, 3.05) is 12.3 Å². The Morgan fingerprint density at radius 2 is 1.88 bits per heavy atom. The highest BCUT2D eigenvalue weighted by atomic mass is 32.2. The lowest BCUT2D eigenvalue weighted by atomic mass is 10.1. The molecule has 0 saturated heterocycles. The number of nitrogens with two attached hydrogens (primary N) is 1. The van der Waals surface area contributed by atoms with Gasteiger partial charge >= 0.3 is 0 Å². The SMILES string of the molecule is CCS(=O)(=O)c1ccccc1C(F)(F)CN. The smallest absolute Gasteiger partial charge is 0.286 e. The summed E-state index contributed by atoms with van der Waals surface area (Å²) in [5.41, 5.74) is 4.42. The largest absolute Gasteiger partial charge is 0.325 e. The number of hydrogen-bond donors (Lipinski definition) is 1. The quantitative estimate of drug-likeness (QED) is 0.880. The molecule has 0 aliphatic carbocycles. The van der Waals surface area contributed by atoms with Gasteiger partial charge in [0.05, 0.1) is 17.2 Å². The standard InChI is InChI=1S/C10H13F2NO2S/c1-2-16(14,15)9-6-4-3-5-8(9)10(11,12)7-13/h3-6H,2,7,13H2,1H3. The van der Waals surface area contributed by atoms with Crippen LogP contribution in [0.15, 0.2) is 29.2 Å². The zero-order valence-corrected chi connectivity index (χ0v) is 9.60. The monoisotopic (exact) mass is 249 g/mol. The molecule has 2 N–H and O–H groups in total. The van der Waals surface area contributed by atoms with Gasteiger partial charge in [-0.1, -0.05) is 25.1 Å². The van der Waals surface area contributed by atoms with Gasteiger partial charge in [0.1, 0.15) is 0 Å². The second kappa shape index (κ2) is 4.47. The molecule has 1 aromatic carbocycles. The lowest BCUT2D eigenvalue weighted by molar-refractivity contribution is 0.00301. The van der Waals surface area contributed by atoms with Gasteiger partial charge in [0, 0.05) is 5.56 Å². The van der Waals surface area contributed by atoms with Crippen LogP contribution in [0.3, 0.4) is 0 Å². The zero-order chi connectivity index (χ0) is 12.4. The van der Waals surface area contributed by atoms with Crippen molar-refractivity contribution in [3.8, 4) is 0 Å². The highest BCUT2D eigenvalue weighted by molar-refractivity contribution is 7.91. The Kier molecular flexibility index (Phi) is 3.64. The number of halogens is 2. The van der Waals surface area contributed by atoms with Crippen LogP contribution in [0.4, 0.5) is 8.78 Å². The summed E-state index contributed by atoms with van der Waals surface area (Å²) in [6.07, 6.45) is 0. The van der Waals surface area contributed by atoms with Gasteiger partial charge in [-0.05, 0) is 6.07 Å². The molecule has 0 aromatic heterocycles. The summed E-state index contributed by atoms with van der Waals surface area (Å²) in [4.78, 5) is -0.340. The summed E-state index contributed by atoms with van der Waals surface area (Å²) in [6.45, 7) is 0.496. The highest BCUT2D eigenvalue weighted by Crippen LogP contribution is 2.32. The third kappa shape index (κ3) is 2.38. The van der Waals surface area contributed by atoms with E-state index in [1.165, 1.54) is 25.1 Å². The first-order valence-electron chi connectivity index (χ1n) is 4.75. The topological polar surface area (TPSA) is 60.2 Å². The Morgan fingerprint density at radius 3 is 2.38 bits per heavy atom. The maximum atomic E-state index is 13.4. The Hall–Kier alpha value is -1.01. The molecule has 0 fully saturated rings. The Bertz CT molecular complexity index is 471. The van der Waals surface area contributed by atoms with Gasteiger partial charge in [-0.3, -0.25) is 0 Å². The molecule has 0 saturated carbocycles. The van der Waals surface area contributed by atoms with E-state index in [4.69, 9.17) is 5.73 Å². The van der Waals surface area contributed by atoms with E-state index in [2.05, 4.69) is 0 Å². The van der Waals surface area contributed by atoms with Crippen molar-refractivity contribution in [1.82, 2.24) is 0 Å². The minimum absolute atomic E-state index is 0.218. The fraction of sp³-hybridized carbons (Fsp3) is 0.400. The van der Waals surface area contributed by atoms with E-state index in [9.17, 15) is 17.2 Å². The van der Waals surface area contributed by atoms with Crippen LogP contribution < -0.4 is 5.73 Å². The fourth-order valence-corrected chi connectivity index (χ4v) is 2.45. The molecule has 1 aromatic rings. The molecular formula is C10H13F2NO2S. The van der Waals surface area contributed by atoms with E-state index in [-0.39, 0.29) is 10.6 Å². The molecule has 0 amide bonds. The second-order valence-electron chi connectivity index (χ2n) is 3.31. The third-order valence-electron chi connectivity index (χ3n) is 2.25. The molecule has 1 rings (SSSR count). The summed E-state index contributed by atoms with van der Waals surface area (Å²) in [7, 11) is -3.66. The first-order valence-corrected chi connectivity index (χ1v) is 6.40. The molecular weight excluding hydrogens is 236 g/mol. The Labute approximate surface area is 93.2 Å². The van der Waals surface area contributed by atoms with E-state index in [1.54, 1.807) is 0 Å². The first-order chi connectivity index (χ1) is 7.35. The summed E-state index contributed by atoms with van der Waals surface area (Å²) >= 11 is 0. The average molecular weight is 249 g/mol. The number of benzene rings is 1. The van der Waals surface area contributed by atoms with Crippen LogP contribution >= 0.6 is 0 Å². The molecule has 16 heavy (non-hydrogen) atoms. The van der Waals surface area contributed by atoms with E-state index >= 15 is 0 Å². The third-order valence-corrected chi connectivity index (χ3v) is 4.04. The zero-order valence-electron chi connectivity index (χ0n) is 8.78. The summed E-state index contributed by atoms with van der Waals surface area (Å²) in [6, 6.07) is 5.05. The van der Waals surface area contributed by atoms with Crippen molar-refractivity contribution in [2.45, 2.75) is 17.7 Å². The van der Waals surface area contributed by atoms with Crippen LogP contribution in [0.25, 0.3) is 0 Å². The fourth-order valence-electron chi connectivity index (χ4n) is 1.31. The molecule has 6 heteroatoms.